The first-order valence-corrected chi connectivity index (χ1v) is 6.89. The fourth-order valence-corrected chi connectivity index (χ4v) is 2.72. The number of aromatic hydroxyl groups is 1. The van der Waals surface area contributed by atoms with Crippen molar-refractivity contribution in [3.8, 4) is 5.75 Å². The lowest BCUT2D eigenvalue weighted by atomic mass is 10.1. The van der Waals surface area contributed by atoms with Crippen molar-refractivity contribution < 1.29 is 9.84 Å². The van der Waals surface area contributed by atoms with Gasteiger partial charge in [0, 0.05) is 28.7 Å². The molecule has 2 rings (SSSR count). The van der Waals surface area contributed by atoms with Gasteiger partial charge in [0.05, 0.1) is 13.2 Å². The Hall–Kier alpha value is -0.480. The van der Waals surface area contributed by atoms with E-state index in [9.17, 15) is 5.11 Å². The van der Waals surface area contributed by atoms with E-state index in [0.29, 0.717) is 10.0 Å². The predicted molar refractivity (Wildman–Crippen MR) is 73.7 cm³/mol. The van der Waals surface area contributed by atoms with E-state index in [4.69, 9.17) is 27.9 Å². The summed E-state index contributed by atoms with van der Waals surface area (Å²) >= 11 is 11.9. The Bertz CT molecular complexity index is 383. The normalized spacial score (nSPS) is 17.0. The highest BCUT2D eigenvalue weighted by atomic mass is 35.5. The standard InChI is InChI=1S/C13H17Cl2NO2/c14-10-8-12(15)11(13(17)9-10)2-1-3-16-4-6-18-7-5-16/h8-9,17H,1-7H2. The number of morpholine rings is 1. The molecule has 1 N–H and O–H groups in total. The average molecular weight is 290 g/mol. The van der Waals surface area contributed by atoms with Gasteiger partial charge in [-0.05, 0) is 31.5 Å². The number of phenolic OH excluding ortho intramolecular Hbond substituents is 1. The van der Waals surface area contributed by atoms with E-state index >= 15 is 0 Å². The molecule has 1 heterocycles. The molecule has 0 spiro atoms. The van der Waals surface area contributed by atoms with Crippen LogP contribution in [0.3, 0.4) is 0 Å². The summed E-state index contributed by atoms with van der Waals surface area (Å²) in [5.41, 5.74) is 0.786. The molecule has 5 heteroatoms. The van der Waals surface area contributed by atoms with Crippen LogP contribution in [-0.4, -0.2) is 42.9 Å². The van der Waals surface area contributed by atoms with E-state index in [1.165, 1.54) is 6.07 Å². The first-order valence-electron chi connectivity index (χ1n) is 6.14. The minimum absolute atomic E-state index is 0.189. The quantitative estimate of drug-likeness (QED) is 0.925. The largest absolute Gasteiger partial charge is 0.508 e. The third kappa shape index (κ3) is 3.75. The van der Waals surface area contributed by atoms with Crippen molar-refractivity contribution in [1.29, 1.82) is 0 Å². The maximum absolute atomic E-state index is 9.81. The Balaban J connectivity index is 1.86. The molecular formula is C13H17Cl2NO2. The van der Waals surface area contributed by atoms with Gasteiger partial charge in [-0.25, -0.2) is 0 Å². The maximum Gasteiger partial charge on any atom is 0.121 e. The zero-order valence-electron chi connectivity index (χ0n) is 10.2. The molecule has 3 nitrogen and oxygen atoms in total. The smallest absolute Gasteiger partial charge is 0.121 e. The SMILES string of the molecule is Oc1cc(Cl)cc(Cl)c1CCCN1CCOCC1. The lowest BCUT2D eigenvalue weighted by Gasteiger charge is -2.26. The van der Waals surface area contributed by atoms with Gasteiger partial charge in [0.25, 0.3) is 0 Å². The molecule has 1 aromatic carbocycles. The van der Waals surface area contributed by atoms with Crippen molar-refractivity contribution in [2.75, 3.05) is 32.8 Å². The summed E-state index contributed by atoms with van der Waals surface area (Å²) in [6.07, 6.45) is 1.73. The molecule has 0 radical (unpaired) electrons. The van der Waals surface area contributed by atoms with Crippen molar-refractivity contribution in [1.82, 2.24) is 4.90 Å². The minimum Gasteiger partial charge on any atom is -0.508 e. The van der Waals surface area contributed by atoms with Crippen LogP contribution in [-0.2, 0) is 11.2 Å². The molecular weight excluding hydrogens is 273 g/mol. The zero-order chi connectivity index (χ0) is 13.0. The second-order valence-corrected chi connectivity index (χ2v) is 5.29. The zero-order valence-corrected chi connectivity index (χ0v) is 11.7. The van der Waals surface area contributed by atoms with Crippen LogP contribution >= 0.6 is 23.2 Å². The van der Waals surface area contributed by atoms with E-state index in [1.807, 2.05) is 0 Å². The molecule has 0 unspecified atom stereocenters. The van der Waals surface area contributed by atoms with E-state index in [2.05, 4.69) is 4.90 Å². The first kappa shape index (κ1) is 13.9. The number of hydrogen-bond donors (Lipinski definition) is 1. The molecule has 0 saturated carbocycles. The van der Waals surface area contributed by atoms with Gasteiger partial charge in [-0.15, -0.1) is 0 Å². The van der Waals surface area contributed by atoms with E-state index in [1.54, 1.807) is 6.07 Å². The van der Waals surface area contributed by atoms with Crippen molar-refractivity contribution >= 4 is 23.2 Å². The summed E-state index contributed by atoms with van der Waals surface area (Å²) in [6, 6.07) is 3.21. The molecule has 18 heavy (non-hydrogen) atoms. The second kappa shape index (κ2) is 6.62. The van der Waals surface area contributed by atoms with Crippen LogP contribution in [0.4, 0.5) is 0 Å². The Morgan fingerprint density at radius 3 is 2.61 bits per heavy atom. The Morgan fingerprint density at radius 2 is 1.94 bits per heavy atom. The van der Waals surface area contributed by atoms with Gasteiger partial charge in [-0.2, -0.15) is 0 Å². The van der Waals surface area contributed by atoms with Crippen LogP contribution in [0.5, 0.6) is 5.75 Å². The van der Waals surface area contributed by atoms with Gasteiger partial charge in [0.2, 0.25) is 0 Å². The Morgan fingerprint density at radius 1 is 1.22 bits per heavy atom. The molecule has 1 aliphatic heterocycles. The van der Waals surface area contributed by atoms with Gasteiger partial charge < -0.3 is 9.84 Å². The average Bonchev–Trinajstić information content (AvgIpc) is 2.34. The van der Waals surface area contributed by atoms with Crippen LogP contribution in [0.2, 0.25) is 10.0 Å². The summed E-state index contributed by atoms with van der Waals surface area (Å²) in [5.74, 6) is 0.189. The molecule has 100 valence electrons. The highest BCUT2D eigenvalue weighted by molar-refractivity contribution is 6.35. The number of benzene rings is 1. The number of hydrogen-bond acceptors (Lipinski definition) is 3. The molecule has 1 fully saturated rings. The van der Waals surface area contributed by atoms with Crippen LogP contribution < -0.4 is 0 Å². The van der Waals surface area contributed by atoms with Crippen LogP contribution in [0.25, 0.3) is 0 Å². The maximum atomic E-state index is 9.81. The topological polar surface area (TPSA) is 32.7 Å². The summed E-state index contributed by atoms with van der Waals surface area (Å²) in [6.45, 7) is 4.60. The molecule has 0 aromatic heterocycles. The van der Waals surface area contributed by atoms with Crippen molar-refractivity contribution in [3.63, 3.8) is 0 Å². The van der Waals surface area contributed by atoms with Crippen molar-refractivity contribution in [2.45, 2.75) is 12.8 Å². The molecule has 0 amide bonds. The van der Waals surface area contributed by atoms with Gasteiger partial charge >= 0.3 is 0 Å². The highest BCUT2D eigenvalue weighted by Gasteiger charge is 2.12. The van der Waals surface area contributed by atoms with Crippen LogP contribution in [0, 0.1) is 0 Å². The lowest BCUT2D eigenvalue weighted by molar-refractivity contribution is 0.0374. The minimum atomic E-state index is 0.189. The number of ether oxygens (including phenoxy) is 1. The van der Waals surface area contributed by atoms with Gasteiger partial charge in [0.15, 0.2) is 0 Å². The third-order valence-electron chi connectivity index (χ3n) is 3.14. The van der Waals surface area contributed by atoms with Gasteiger partial charge in [0.1, 0.15) is 5.75 Å². The Kier molecular flexibility index (Phi) is 5.13. The fourth-order valence-electron chi connectivity index (χ4n) is 2.14. The predicted octanol–water partition coefficient (Wildman–Crippen LogP) is 2.96. The summed E-state index contributed by atoms with van der Waals surface area (Å²) < 4.78 is 5.30. The van der Waals surface area contributed by atoms with Crippen molar-refractivity contribution in [3.05, 3.63) is 27.7 Å². The van der Waals surface area contributed by atoms with E-state index < -0.39 is 0 Å². The molecule has 1 aliphatic rings. The summed E-state index contributed by atoms with van der Waals surface area (Å²) in [5, 5.41) is 10.8. The fraction of sp³-hybridized carbons (Fsp3) is 0.538. The molecule has 1 saturated heterocycles. The summed E-state index contributed by atoms with van der Waals surface area (Å²) in [7, 11) is 0. The molecule has 0 aliphatic carbocycles. The number of phenols is 1. The van der Waals surface area contributed by atoms with Gasteiger partial charge in [-0.3, -0.25) is 4.90 Å². The highest BCUT2D eigenvalue weighted by Crippen LogP contribution is 2.30. The lowest BCUT2D eigenvalue weighted by Crippen LogP contribution is -2.36. The van der Waals surface area contributed by atoms with Crippen LogP contribution in [0.1, 0.15) is 12.0 Å². The molecule has 0 atom stereocenters. The van der Waals surface area contributed by atoms with E-state index in [-0.39, 0.29) is 5.75 Å². The third-order valence-corrected chi connectivity index (χ3v) is 3.70. The van der Waals surface area contributed by atoms with E-state index in [0.717, 1.165) is 51.3 Å². The Labute approximate surface area is 117 Å². The molecule has 1 aromatic rings. The second-order valence-electron chi connectivity index (χ2n) is 4.44. The number of nitrogens with zero attached hydrogens (tertiary/aromatic N) is 1. The van der Waals surface area contributed by atoms with Gasteiger partial charge in [-0.1, -0.05) is 23.2 Å². The van der Waals surface area contributed by atoms with Crippen molar-refractivity contribution in [2.24, 2.45) is 0 Å². The number of halogens is 2. The molecule has 0 bridgehead atoms. The summed E-state index contributed by atoms with van der Waals surface area (Å²) in [4.78, 5) is 2.37. The number of rotatable bonds is 4. The monoisotopic (exact) mass is 289 g/mol. The first-order chi connectivity index (χ1) is 8.66. The van der Waals surface area contributed by atoms with Crippen LogP contribution in [0.15, 0.2) is 12.1 Å².